The van der Waals surface area contributed by atoms with Gasteiger partial charge in [0.2, 0.25) is 17.7 Å². The van der Waals surface area contributed by atoms with Crippen molar-refractivity contribution in [2.24, 2.45) is 23.5 Å². The number of alkyl halides is 1. The number of imide groups is 3. The van der Waals surface area contributed by atoms with Gasteiger partial charge in [0, 0.05) is 36.3 Å². The van der Waals surface area contributed by atoms with Gasteiger partial charge in [-0.25, -0.2) is 29.0 Å². The number of anilines is 3. The van der Waals surface area contributed by atoms with Crippen molar-refractivity contribution >= 4 is 146 Å². The molecule has 9 atom stereocenters. The average molecular weight is 1850 g/mol. The van der Waals surface area contributed by atoms with Crippen LogP contribution in [0.1, 0.15) is 160 Å². The number of nitrogen functional groups attached to an aromatic ring is 3. The van der Waals surface area contributed by atoms with Crippen molar-refractivity contribution in [1.82, 2.24) is 70.7 Å². The van der Waals surface area contributed by atoms with Crippen LogP contribution in [0, 0.1) is 17.8 Å². The van der Waals surface area contributed by atoms with Gasteiger partial charge in [-0.05, 0) is 115 Å². The molecule has 9 rings (SSSR count). The minimum absolute atomic E-state index is 0. The van der Waals surface area contributed by atoms with E-state index in [1.165, 1.54) is 6.07 Å². The van der Waals surface area contributed by atoms with E-state index in [0.717, 1.165) is 30.3 Å². The van der Waals surface area contributed by atoms with Gasteiger partial charge in [0.15, 0.2) is 19.5 Å². The van der Waals surface area contributed by atoms with Gasteiger partial charge in [0.1, 0.15) is 64.0 Å². The van der Waals surface area contributed by atoms with E-state index in [0.29, 0.717) is 23.9 Å². The quantitative estimate of drug-likeness (QED) is 0.00568. The second-order valence-corrected chi connectivity index (χ2v) is 27.2. The van der Waals surface area contributed by atoms with Crippen LogP contribution in [0.3, 0.4) is 0 Å². The molecular weight excluding hydrogens is 1760 g/mol. The number of nitrogens with zero attached hydrogens (tertiary/aromatic N) is 11. The molecule has 112 heavy (non-hydrogen) atoms. The topological polar surface area (TPSA) is 573 Å². The van der Waals surface area contributed by atoms with Crippen molar-refractivity contribution < 1.29 is 231 Å². The van der Waals surface area contributed by atoms with E-state index in [9.17, 15) is 67.1 Å². The van der Waals surface area contributed by atoms with E-state index in [4.69, 9.17) is 68.3 Å². The van der Waals surface area contributed by atoms with E-state index >= 15 is 0 Å². The Morgan fingerprint density at radius 1 is 0.571 bits per heavy atom. The molecule has 3 aliphatic rings. The van der Waals surface area contributed by atoms with Gasteiger partial charge < -0.3 is 68.8 Å². The van der Waals surface area contributed by atoms with Crippen LogP contribution in [0.15, 0.2) is 69.0 Å². The number of carbonyl (C=O) groups excluding carboxylic acids is 12. The average Bonchev–Trinajstić information content (AvgIpc) is 0.782. The standard InChI is InChI=1S/C24H32N6O7.C19H24N6O5.C12H22ClNO4.C12H11N5O3.CH2O3.ClH.2Cs.H/c1-6-13(2)19(26-23(35)37-24(3,4)5)22(34)36-12-29-17(31)11-10-16(20(29)32)30-21(33)18-14(25)8-7-9-15(18)27-28-30;1-3-10(2)16(21)19(29)30-9-24-14(26)8-7-13(17(24)27)25-18(28)15-11(20)5-4-6-12(15)22-23-25;1-6-8(2)9(10(15)17-7-13)14-11(16)18-12(3,4)5;13-6-2-1-3-7-10(6)12(20)17(16-15-7)8-4-5-9(18)14-11(8)19;2-1-4-3;;;;/h7-9,13,16,19H,6,10-12,25H2,1-5H3,(H,26,35);4-6,10,13,16H,3,7-9,20-21H2,1-2H3;8-9H,6-7H2,1-5H3,(H,14,16);1-3,8H,4-5,13H2,(H,14,18,19);1,3H;1H;;;/q;;;;;;2*+1;-1/p-1/t13-,16?,19-;10-,13?,16-;8-,9-;;;;;;/m001....../s1. The van der Waals surface area contributed by atoms with Gasteiger partial charge in [-0.2, -0.15) is 14.0 Å². The Labute approximate surface area is 771 Å². The van der Waals surface area contributed by atoms with Gasteiger partial charge in [0.25, 0.3) is 40.9 Å². The molecule has 602 valence electrons. The number of carbonyl (C=O) groups is 12. The number of fused-ring (bicyclic) bond motifs is 3. The molecule has 3 aliphatic heterocycles. The normalized spacial score (nSPS) is 16.9. The summed E-state index contributed by atoms with van der Waals surface area (Å²) in [5.74, 6) is -6.06. The summed E-state index contributed by atoms with van der Waals surface area (Å²) in [7, 11) is 0. The van der Waals surface area contributed by atoms with Crippen LogP contribution in [-0.4, -0.2) is 176 Å². The predicted molar refractivity (Wildman–Crippen MR) is 393 cm³/mol. The fourth-order valence-electron chi connectivity index (χ4n) is 10.6. The maximum Gasteiger partial charge on any atom is 1.00 e. The fraction of sp³-hybridized carbons (Fsp3) is 0.515. The second kappa shape index (κ2) is 46.9. The fourth-order valence-corrected chi connectivity index (χ4v) is 10.7. The number of hydrogen-bond donors (Lipinski definition) is 7. The van der Waals surface area contributed by atoms with Gasteiger partial charge in [-0.15, -0.1) is 27.7 Å². The number of hydrogen-bond acceptors (Lipinski definition) is 32. The molecule has 3 saturated heterocycles. The third kappa shape index (κ3) is 28.0. The van der Waals surface area contributed by atoms with Gasteiger partial charge in [-0.3, -0.25) is 58.1 Å². The van der Waals surface area contributed by atoms with Crippen LogP contribution >= 0.6 is 24.0 Å². The Morgan fingerprint density at radius 3 is 1.22 bits per heavy atom. The molecule has 0 saturated carbocycles. The van der Waals surface area contributed by atoms with E-state index in [2.05, 4.69) is 51.8 Å². The first-order chi connectivity index (χ1) is 51.3. The van der Waals surface area contributed by atoms with Crippen LogP contribution in [0.4, 0.5) is 26.7 Å². The summed E-state index contributed by atoms with van der Waals surface area (Å²) >= 11 is 5.34. The number of benzene rings is 3. The first kappa shape index (κ1) is 101. The summed E-state index contributed by atoms with van der Waals surface area (Å²) in [5.41, 5.74) is 22.0. The van der Waals surface area contributed by atoms with Crippen LogP contribution in [-0.2, 0) is 76.5 Å². The zero-order valence-electron chi connectivity index (χ0n) is 65.5. The van der Waals surface area contributed by atoms with Gasteiger partial charge in [0.05, 0.1) is 16.2 Å². The van der Waals surface area contributed by atoms with E-state index in [-0.39, 0.29) is 265 Å². The first-order valence-electron chi connectivity index (χ1n) is 34.3. The minimum Gasteiger partial charge on any atom is -1.00 e. The van der Waals surface area contributed by atoms with Crippen molar-refractivity contribution in [3.8, 4) is 0 Å². The molecule has 3 aromatic heterocycles. The molecule has 3 unspecified atom stereocenters. The van der Waals surface area contributed by atoms with Gasteiger partial charge >= 0.3 is 168 Å². The summed E-state index contributed by atoms with van der Waals surface area (Å²) in [4.78, 5) is 185. The number of alkyl carbamates (subject to hydrolysis) is 2. The Bertz CT molecular complexity index is 4550. The van der Waals surface area contributed by atoms with Crippen molar-refractivity contribution in [3.05, 3.63) is 85.7 Å². The molecule has 3 aromatic carbocycles. The molecule has 0 bridgehead atoms. The molecule has 11 N–H and O–H groups in total. The zero-order chi connectivity index (χ0) is 81.5. The largest absolute Gasteiger partial charge is 1.00 e. The molecule has 6 heterocycles. The summed E-state index contributed by atoms with van der Waals surface area (Å²) in [6.45, 7) is 19.9. The Balaban J connectivity index is 0.000000758. The van der Waals surface area contributed by atoms with Crippen LogP contribution in [0.25, 0.3) is 32.7 Å². The number of nitrogens with one attached hydrogen (secondary N) is 3. The Morgan fingerprint density at radius 2 is 0.902 bits per heavy atom. The number of nitrogens with two attached hydrogens (primary N) is 4. The van der Waals surface area contributed by atoms with E-state index in [1.54, 1.807) is 104 Å². The van der Waals surface area contributed by atoms with Crippen molar-refractivity contribution in [3.63, 3.8) is 0 Å². The van der Waals surface area contributed by atoms with Crippen LogP contribution in [0.5, 0.6) is 0 Å². The molecule has 0 aliphatic carbocycles. The van der Waals surface area contributed by atoms with Crippen LogP contribution in [0.2, 0.25) is 0 Å². The smallest absolute Gasteiger partial charge is 1.00 e. The monoisotopic (exact) mass is 1850 g/mol. The number of halogens is 2. The van der Waals surface area contributed by atoms with Crippen LogP contribution < -0.4 is 199 Å². The minimum atomic E-state index is -1.13. The molecular formula is C68H92Cl2Cs2N18O22. The SMILES string of the molecule is CC[C@@H](C)[C@@H](NC(=O)OC(C)(C)C)C(=O)OCCl.CC[C@H](C)[C@H](N)C(=O)OCN1C(=O)CCC(n2nnc3cccc(N)c3c2=O)C1=O.CC[C@H](C)[C@H](NC(=O)OC(C)(C)C)C(=O)OCN1C(=O)CCC(n2nnc3cccc(N)c3c2=O)C1=O.Cl.Nc1cccc2nnn(C3CCC(=O)NC3=O)c(=O)c12.O=CO[O-].[Cs+].[Cs+].[H-]. The molecule has 3 fully saturated rings. The Kier molecular flexibility index (Phi) is 42.2. The number of esters is 3. The third-order valence-corrected chi connectivity index (χ3v) is 17.1. The molecule has 8 amide bonds. The number of rotatable bonds is 20. The zero-order valence-corrected chi connectivity index (χ0v) is 78.6. The number of aromatic nitrogens is 9. The number of piperidine rings is 3. The van der Waals surface area contributed by atoms with E-state index < -0.39 is 137 Å². The van der Waals surface area contributed by atoms with Crippen molar-refractivity contribution in [2.75, 3.05) is 36.7 Å². The Hall–Kier alpha value is -7.29. The van der Waals surface area contributed by atoms with Gasteiger partial charge in [-0.1, -0.05) is 106 Å². The summed E-state index contributed by atoms with van der Waals surface area (Å²) in [5, 5.41) is 39.4. The molecule has 6 aromatic rings. The summed E-state index contributed by atoms with van der Waals surface area (Å²) in [6.07, 6.45) is 0.844. The second-order valence-electron chi connectivity index (χ2n) is 27.0. The van der Waals surface area contributed by atoms with Crippen molar-refractivity contribution in [1.29, 1.82) is 0 Å². The summed E-state index contributed by atoms with van der Waals surface area (Å²) in [6, 6.07) is 8.44. The van der Waals surface area contributed by atoms with Crippen molar-refractivity contribution in [2.45, 2.75) is 188 Å². The summed E-state index contributed by atoms with van der Waals surface area (Å²) < 4.78 is 28.2. The first-order valence-corrected chi connectivity index (χ1v) is 34.8. The van der Waals surface area contributed by atoms with E-state index in [1.807, 2.05) is 27.7 Å². The predicted octanol–water partition coefficient (Wildman–Crippen LogP) is -3.56. The number of amides is 8. The maximum absolute atomic E-state index is 13.2. The maximum atomic E-state index is 13.2. The molecule has 44 heteroatoms. The third-order valence-electron chi connectivity index (χ3n) is 17.0. The number of likely N-dealkylation sites (tertiary alicyclic amines) is 2. The number of ether oxygens (including phenoxy) is 5. The molecule has 40 nitrogen and oxygen atoms in total. The molecule has 0 radical (unpaired) electrons. The molecule has 0 spiro atoms.